The van der Waals surface area contributed by atoms with Crippen LogP contribution in [0.5, 0.6) is 0 Å². The van der Waals surface area contributed by atoms with E-state index in [1.807, 2.05) is 162 Å². The molecule has 0 saturated carbocycles. The Labute approximate surface area is 649 Å². The van der Waals surface area contributed by atoms with Crippen molar-refractivity contribution in [1.29, 1.82) is 0 Å². The van der Waals surface area contributed by atoms with Crippen molar-refractivity contribution in [2.24, 2.45) is 14.1 Å². The van der Waals surface area contributed by atoms with Gasteiger partial charge in [0.1, 0.15) is 51.5 Å². The van der Waals surface area contributed by atoms with Gasteiger partial charge >= 0.3 is 11.7 Å². The zero-order valence-electron chi connectivity index (χ0n) is 66.6. The van der Waals surface area contributed by atoms with Crippen LogP contribution in [0.25, 0.3) is 139 Å². The van der Waals surface area contributed by atoms with Gasteiger partial charge in [-0.3, -0.25) is 30.8 Å². The van der Waals surface area contributed by atoms with E-state index in [0.29, 0.717) is 11.7 Å². The van der Waals surface area contributed by atoms with Gasteiger partial charge in [-0.1, -0.05) is 127 Å². The maximum absolute atomic E-state index is 5.72. The van der Waals surface area contributed by atoms with Crippen molar-refractivity contribution in [3.8, 4) is 0 Å². The predicted octanol–water partition coefficient (Wildman–Crippen LogP) is 24.3. The largest absolute Gasteiger partial charge is 0.443 e. The molecule has 0 aliphatic heterocycles. The van der Waals surface area contributed by atoms with Gasteiger partial charge in [-0.2, -0.15) is 9.97 Å². The molecule has 24 aromatic rings. The van der Waals surface area contributed by atoms with Crippen LogP contribution in [0, 0.1) is 104 Å². The van der Waals surface area contributed by atoms with Gasteiger partial charge in [0, 0.05) is 88.1 Å². The fourth-order valence-electron chi connectivity index (χ4n) is 15.3. The summed E-state index contributed by atoms with van der Waals surface area (Å²) < 4.78 is 58.6. The van der Waals surface area contributed by atoms with Crippen LogP contribution in [0.1, 0.15) is 85.8 Å². The lowest BCUT2D eigenvalue weighted by atomic mass is 10.2. The number of fused-ring (bicyclic) bond motifs is 24. The normalized spacial score (nSPS) is 11.6. The van der Waals surface area contributed by atoms with Crippen LogP contribution < -0.4 is 0 Å². The minimum atomic E-state index is 0.682. The summed E-state index contributed by atoms with van der Waals surface area (Å²) in [6.45, 7) is 30.6. The molecule has 0 saturated heterocycles. The van der Waals surface area contributed by atoms with Gasteiger partial charge in [-0.15, -0.1) is 0 Å². The second-order valence-electron chi connectivity index (χ2n) is 29.1. The van der Waals surface area contributed by atoms with Gasteiger partial charge in [0.05, 0.1) is 78.3 Å². The minimum Gasteiger partial charge on any atom is -0.443 e. The third kappa shape index (κ3) is 12.4. The molecule has 0 amide bonds. The fraction of sp³-hybridized carbons (Fsp3) is 0.181. The van der Waals surface area contributed by atoms with Crippen molar-refractivity contribution >= 4 is 139 Å². The zero-order valence-corrected chi connectivity index (χ0v) is 66.6. The molecule has 0 aliphatic rings. The van der Waals surface area contributed by atoms with E-state index >= 15 is 0 Å². The quantitative estimate of drug-likeness (QED) is 0.142. The summed E-state index contributed by atoms with van der Waals surface area (Å²) >= 11 is 0. The molecular weight excluding hydrogens is 1410 g/mol. The number of oxazole rings is 7. The average Bonchev–Trinajstić information content (AvgIpc) is 1.60. The first-order chi connectivity index (χ1) is 54.6. The molecule has 16 aromatic heterocycles. The van der Waals surface area contributed by atoms with Crippen LogP contribution in [0.15, 0.2) is 256 Å². The van der Waals surface area contributed by atoms with Gasteiger partial charge in [0.25, 0.3) is 0 Å². The van der Waals surface area contributed by atoms with Gasteiger partial charge in [0.15, 0.2) is 5.58 Å². The molecule has 566 valence electrons. The van der Waals surface area contributed by atoms with Crippen LogP contribution in [-0.4, -0.2) is 54.9 Å². The Kier molecular flexibility index (Phi) is 18.2. The minimum absolute atomic E-state index is 0.682. The van der Waals surface area contributed by atoms with E-state index in [-0.39, 0.29) is 0 Å². The van der Waals surface area contributed by atoms with Crippen LogP contribution in [0.4, 0.5) is 0 Å². The maximum Gasteiger partial charge on any atom is 0.307 e. The molecule has 0 aliphatic carbocycles. The monoisotopic (exact) mass is 1500 g/mol. The molecule has 0 atom stereocenters. The van der Waals surface area contributed by atoms with E-state index in [9.17, 15) is 0 Å². The second kappa shape index (κ2) is 28.6. The Morgan fingerprint density at radius 3 is 1.12 bits per heavy atom. The second-order valence-corrected chi connectivity index (χ2v) is 29.1. The molecule has 113 heavy (non-hydrogen) atoms. The summed E-state index contributed by atoms with van der Waals surface area (Å²) in [5.74, 6) is 8.24. The molecule has 24 rings (SSSR count). The lowest BCUT2D eigenvalue weighted by Crippen LogP contribution is -1.97. The van der Waals surface area contributed by atoms with Crippen molar-refractivity contribution in [2.75, 3.05) is 0 Å². The van der Waals surface area contributed by atoms with Crippen molar-refractivity contribution in [3.63, 3.8) is 0 Å². The SMILES string of the molecule is Cc1cc2oc3ccccc3n2c1C.Cc1nc2c3ccccc3n(C)c2n1C.Cc1oc2c3ccccc3cn2c1C.Cc1oc2c3ccccc3cn2c1C.Cc1oc2cc3ccccc3n2c1C.Cc1oc2cc3ccccc3n2c1C.Cc1oc2nc3ccccc3n2c1C.Cc1oc2nc3ccccc3n2c1C. The van der Waals surface area contributed by atoms with E-state index in [2.05, 4.69) is 235 Å². The highest BCUT2D eigenvalue weighted by molar-refractivity contribution is 6.05. The number of benzene rings is 8. The van der Waals surface area contributed by atoms with Crippen LogP contribution in [-0.2, 0) is 14.1 Å². The van der Waals surface area contributed by atoms with Crippen molar-refractivity contribution in [3.05, 3.63) is 311 Å². The number of aromatic nitrogens is 12. The van der Waals surface area contributed by atoms with Crippen molar-refractivity contribution in [2.45, 2.75) is 104 Å². The van der Waals surface area contributed by atoms with Gasteiger partial charge < -0.3 is 40.1 Å². The number of nitrogens with zero attached hydrogens (tertiary/aromatic N) is 12. The van der Waals surface area contributed by atoms with Gasteiger partial charge in [-0.25, -0.2) is 4.98 Å². The molecule has 19 nitrogen and oxygen atoms in total. The number of para-hydroxylation sites is 9. The molecule has 0 N–H and O–H groups in total. The Balaban J connectivity index is 0.0000000935. The number of hydrogen-bond acceptors (Lipinski definition) is 10. The topological polar surface area (TPSA) is 171 Å². The first-order valence-corrected chi connectivity index (χ1v) is 37.9. The zero-order chi connectivity index (χ0) is 78.5. The highest BCUT2D eigenvalue weighted by Crippen LogP contribution is 2.33. The molecule has 0 radical (unpaired) electrons. The molecule has 19 heteroatoms. The van der Waals surface area contributed by atoms with E-state index < -0.39 is 0 Å². The standard InChI is InChI=1S/C12H13N3.5C12H11NO.2C11H10N2O/c1-8-13-11-9-6-4-5-7-10(9)15(3)12(11)14(8)2;2*1-8-9(2)14-12-11-6-4-3-5-10(11)7-13(8)12;2*1-8-9(2)14-12-7-10-5-3-4-6-11(10)13(8)12;1-8-7-12-13(9(8)2)10-5-3-4-6-11(10)14-12;2*1-7-8(2)14-11-12-9-5-3-4-6-10(9)13(7)11/h4-7H,1-3H3;5*3-7H,1-2H3;2*3-6H,1-2H3. The van der Waals surface area contributed by atoms with E-state index in [1.165, 1.54) is 93.9 Å². The smallest absolute Gasteiger partial charge is 0.307 e. The number of aryl methyl sites for hydroxylation is 17. The third-order valence-electron chi connectivity index (χ3n) is 22.3. The van der Waals surface area contributed by atoms with E-state index in [0.717, 1.165) is 119 Å². The highest BCUT2D eigenvalue weighted by Gasteiger charge is 2.19. The van der Waals surface area contributed by atoms with Crippen LogP contribution >= 0.6 is 0 Å². The number of imidazole rings is 3. The molecule has 8 aromatic carbocycles. The lowest BCUT2D eigenvalue weighted by molar-refractivity contribution is 0.561. The third-order valence-corrected chi connectivity index (χ3v) is 22.3. The van der Waals surface area contributed by atoms with E-state index in [4.69, 9.17) is 30.9 Å². The fourth-order valence-corrected chi connectivity index (χ4v) is 15.3. The van der Waals surface area contributed by atoms with Crippen LogP contribution in [0.2, 0.25) is 0 Å². The predicted molar refractivity (Wildman–Crippen MR) is 454 cm³/mol. The van der Waals surface area contributed by atoms with Gasteiger partial charge in [0.2, 0.25) is 28.6 Å². The first-order valence-electron chi connectivity index (χ1n) is 37.9. The summed E-state index contributed by atoms with van der Waals surface area (Å²) in [7, 11) is 4.15. The summed E-state index contributed by atoms with van der Waals surface area (Å²) in [6.07, 6.45) is 4.24. The highest BCUT2D eigenvalue weighted by atomic mass is 16.4. The van der Waals surface area contributed by atoms with Crippen LogP contribution in [0.3, 0.4) is 0 Å². The van der Waals surface area contributed by atoms with E-state index in [1.54, 1.807) is 0 Å². The summed E-state index contributed by atoms with van der Waals surface area (Å²) in [6, 6.07) is 72.0. The van der Waals surface area contributed by atoms with Crippen molar-refractivity contribution in [1.82, 2.24) is 54.9 Å². The summed E-state index contributed by atoms with van der Waals surface area (Å²) in [4.78, 5) is 13.4. The number of rotatable bonds is 0. The van der Waals surface area contributed by atoms with Gasteiger partial charge in [-0.05, 0) is 176 Å². The Hall–Kier alpha value is -13.8. The number of hydrogen-bond donors (Lipinski definition) is 0. The molecular formula is C94H88N12O7. The Morgan fingerprint density at radius 1 is 0.274 bits per heavy atom. The first kappa shape index (κ1) is 72.1. The lowest BCUT2D eigenvalue weighted by Gasteiger charge is -2.00. The molecule has 0 bridgehead atoms. The molecule has 0 fully saturated rings. The summed E-state index contributed by atoms with van der Waals surface area (Å²) in [5.41, 5.74) is 26.4. The Morgan fingerprint density at radius 2 is 0.637 bits per heavy atom. The average molecular weight is 1500 g/mol. The molecule has 0 unspecified atom stereocenters. The summed E-state index contributed by atoms with van der Waals surface area (Å²) in [5, 5.41) is 8.53. The molecule has 0 spiro atoms. The Bertz CT molecular complexity index is 6910. The molecule has 16 heterocycles. The maximum atomic E-state index is 5.72. The van der Waals surface area contributed by atoms with Crippen molar-refractivity contribution < 1.29 is 30.9 Å².